The first-order chi connectivity index (χ1) is 11.5. The van der Waals surface area contributed by atoms with Crippen molar-refractivity contribution < 1.29 is 8.78 Å². The van der Waals surface area contributed by atoms with Crippen molar-refractivity contribution in [3.05, 3.63) is 59.3 Å². The SMILES string of the molecule is CN=C(NCc1cc(F)ccc1F)NCc1cccnc1N(C)C.I. The summed E-state index contributed by atoms with van der Waals surface area (Å²) in [5.41, 5.74) is 1.25. The Bertz CT molecular complexity index is 722. The second kappa shape index (κ2) is 10.1. The zero-order valence-electron chi connectivity index (χ0n) is 14.4. The smallest absolute Gasteiger partial charge is 0.191 e. The van der Waals surface area contributed by atoms with Crippen molar-refractivity contribution in [3.63, 3.8) is 0 Å². The van der Waals surface area contributed by atoms with E-state index in [1.165, 1.54) is 6.07 Å². The van der Waals surface area contributed by atoms with Gasteiger partial charge in [-0.05, 0) is 24.3 Å². The van der Waals surface area contributed by atoms with Gasteiger partial charge in [0.1, 0.15) is 17.5 Å². The molecule has 1 heterocycles. The number of hydrogen-bond donors (Lipinski definition) is 2. The topological polar surface area (TPSA) is 52.6 Å². The van der Waals surface area contributed by atoms with Crippen LogP contribution in [0.5, 0.6) is 0 Å². The summed E-state index contributed by atoms with van der Waals surface area (Å²) in [6, 6.07) is 7.21. The minimum atomic E-state index is -0.470. The zero-order chi connectivity index (χ0) is 17.5. The van der Waals surface area contributed by atoms with E-state index in [1.807, 2.05) is 31.1 Å². The maximum Gasteiger partial charge on any atom is 0.191 e. The van der Waals surface area contributed by atoms with Crippen molar-refractivity contribution in [3.8, 4) is 0 Å². The molecule has 2 aromatic rings. The molecule has 0 aliphatic heterocycles. The first-order valence-electron chi connectivity index (χ1n) is 7.51. The monoisotopic (exact) mass is 461 g/mol. The normalized spacial score (nSPS) is 10.8. The molecule has 0 aliphatic rings. The van der Waals surface area contributed by atoms with Gasteiger partial charge in [0.05, 0.1) is 0 Å². The Morgan fingerprint density at radius 3 is 2.44 bits per heavy atom. The highest BCUT2D eigenvalue weighted by Gasteiger charge is 2.08. The number of nitrogens with one attached hydrogen (secondary N) is 2. The lowest BCUT2D eigenvalue weighted by Gasteiger charge is -2.17. The van der Waals surface area contributed by atoms with Gasteiger partial charge in [-0.3, -0.25) is 4.99 Å². The summed E-state index contributed by atoms with van der Waals surface area (Å²) >= 11 is 0. The fourth-order valence-electron chi connectivity index (χ4n) is 2.23. The summed E-state index contributed by atoms with van der Waals surface area (Å²) < 4.78 is 26.8. The van der Waals surface area contributed by atoms with Crippen LogP contribution in [0.15, 0.2) is 41.5 Å². The highest BCUT2D eigenvalue weighted by atomic mass is 127. The molecule has 0 saturated heterocycles. The summed E-state index contributed by atoms with van der Waals surface area (Å²) in [4.78, 5) is 10.3. The average Bonchev–Trinajstić information content (AvgIpc) is 2.58. The molecule has 5 nitrogen and oxygen atoms in total. The molecule has 2 rings (SSSR count). The molecule has 0 aliphatic carbocycles. The number of aliphatic imine (C=N–C) groups is 1. The van der Waals surface area contributed by atoms with E-state index in [0.717, 1.165) is 23.5 Å². The van der Waals surface area contributed by atoms with Gasteiger partial charge < -0.3 is 15.5 Å². The number of nitrogens with zero attached hydrogens (tertiary/aromatic N) is 3. The molecular formula is C17H22F2IN5. The van der Waals surface area contributed by atoms with Crippen LogP contribution in [0.1, 0.15) is 11.1 Å². The standard InChI is InChI=1S/C17H21F2N5.HI/c1-20-17(23-11-13-9-14(18)6-7-15(13)19)22-10-12-5-4-8-21-16(12)24(2)3;/h4-9H,10-11H2,1-3H3,(H2,20,22,23);1H. The molecule has 0 atom stereocenters. The van der Waals surface area contributed by atoms with Crippen LogP contribution in [0, 0.1) is 11.6 Å². The van der Waals surface area contributed by atoms with Crippen LogP contribution in [0.25, 0.3) is 0 Å². The van der Waals surface area contributed by atoms with E-state index >= 15 is 0 Å². The van der Waals surface area contributed by atoms with Gasteiger partial charge >= 0.3 is 0 Å². The number of guanidine groups is 1. The number of anilines is 1. The van der Waals surface area contributed by atoms with Crippen LogP contribution >= 0.6 is 24.0 Å². The van der Waals surface area contributed by atoms with E-state index in [-0.39, 0.29) is 36.1 Å². The molecule has 0 spiro atoms. The number of rotatable bonds is 5. The molecule has 0 bridgehead atoms. The third-order valence-electron chi connectivity index (χ3n) is 3.42. The maximum absolute atomic E-state index is 13.6. The van der Waals surface area contributed by atoms with Crippen molar-refractivity contribution in [2.45, 2.75) is 13.1 Å². The quantitative estimate of drug-likeness (QED) is 0.409. The van der Waals surface area contributed by atoms with Gasteiger partial charge in [0.15, 0.2) is 5.96 Å². The van der Waals surface area contributed by atoms with Crippen LogP contribution < -0.4 is 15.5 Å². The molecule has 1 aromatic heterocycles. The van der Waals surface area contributed by atoms with Gasteiger partial charge in [-0.2, -0.15) is 0 Å². The van der Waals surface area contributed by atoms with E-state index in [0.29, 0.717) is 12.5 Å². The summed E-state index contributed by atoms with van der Waals surface area (Å²) in [6.45, 7) is 0.642. The molecule has 136 valence electrons. The van der Waals surface area contributed by atoms with Gasteiger partial charge in [0.2, 0.25) is 0 Å². The maximum atomic E-state index is 13.6. The van der Waals surface area contributed by atoms with Crippen LogP contribution in [-0.2, 0) is 13.1 Å². The molecule has 8 heteroatoms. The molecule has 0 unspecified atom stereocenters. The van der Waals surface area contributed by atoms with Crippen molar-refractivity contribution in [2.75, 3.05) is 26.0 Å². The summed E-state index contributed by atoms with van der Waals surface area (Å²) in [5.74, 6) is 0.424. The largest absolute Gasteiger partial charge is 0.362 e. The molecular weight excluding hydrogens is 439 g/mol. The summed E-state index contributed by atoms with van der Waals surface area (Å²) in [5, 5.41) is 6.11. The minimum absolute atomic E-state index is 0. The predicted molar refractivity (Wildman–Crippen MR) is 107 cm³/mol. The lowest BCUT2D eigenvalue weighted by Crippen LogP contribution is -2.36. The molecule has 0 fully saturated rings. The third kappa shape index (κ3) is 6.11. The minimum Gasteiger partial charge on any atom is -0.362 e. The zero-order valence-corrected chi connectivity index (χ0v) is 16.7. The van der Waals surface area contributed by atoms with Crippen molar-refractivity contribution in [1.29, 1.82) is 0 Å². The number of hydrogen-bond acceptors (Lipinski definition) is 3. The second-order valence-electron chi connectivity index (χ2n) is 5.40. The van der Waals surface area contributed by atoms with Crippen LogP contribution in [0.3, 0.4) is 0 Å². The fourth-order valence-corrected chi connectivity index (χ4v) is 2.23. The van der Waals surface area contributed by atoms with E-state index in [9.17, 15) is 8.78 Å². The summed E-state index contributed by atoms with van der Waals surface area (Å²) in [7, 11) is 5.46. The van der Waals surface area contributed by atoms with Gasteiger partial charge in [-0.15, -0.1) is 24.0 Å². The van der Waals surface area contributed by atoms with Crippen molar-refractivity contribution in [1.82, 2.24) is 15.6 Å². The Hall–Kier alpha value is -1.97. The summed E-state index contributed by atoms with van der Waals surface area (Å²) in [6.07, 6.45) is 1.73. The highest BCUT2D eigenvalue weighted by molar-refractivity contribution is 14.0. The highest BCUT2D eigenvalue weighted by Crippen LogP contribution is 2.14. The number of pyridine rings is 1. The Morgan fingerprint density at radius 1 is 1.12 bits per heavy atom. The first-order valence-corrected chi connectivity index (χ1v) is 7.51. The molecule has 2 N–H and O–H groups in total. The molecule has 0 saturated carbocycles. The number of aromatic nitrogens is 1. The number of halogens is 3. The van der Waals surface area contributed by atoms with Crippen molar-refractivity contribution >= 4 is 35.8 Å². The predicted octanol–water partition coefficient (Wildman–Crippen LogP) is 2.91. The Labute approximate surface area is 163 Å². The van der Waals surface area contributed by atoms with E-state index in [2.05, 4.69) is 20.6 Å². The average molecular weight is 461 g/mol. The molecule has 0 radical (unpaired) electrons. The second-order valence-corrected chi connectivity index (χ2v) is 5.40. The van der Waals surface area contributed by atoms with Gasteiger partial charge in [0, 0.05) is 51.6 Å². The fraction of sp³-hybridized carbons (Fsp3) is 0.294. The van der Waals surface area contributed by atoms with Crippen LogP contribution in [0.4, 0.5) is 14.6 Å². The number of benzene rings is 1. The third-order valence-corrected chi connectivity index (χ3v) is 3.42. The van der Waals surface area contributed by atoms with Gasteiger partial charge in [-0.1, -0.05) is 6.07 Å². The lowest BCUT2D eigenvalue weighted by molar-refractivity contribution is 0.581. The van der Waals surface area contributed by atoms with Gasteiger partial charge in [0.25, 0.3) is 0 Å². The van der Waals surface area contributed by atoms with E-state index in [1.54, 1.807) is 13.2 Å². The van der Waals surface area contributed by atoms with Crippen LogP contribution in [-0.4, -0.2) is 32.1 Å². The van der Waals surface area contributed by atoms with E-state index < -0.39 is 11.6 Å². The molecule has 0 amide bonds. The van der Waals surface area contributed by atoms with Crippen molar-refractivity contribution in [2.24, 2.45) is 4.99 Å². The van der Waals surface area contributed by atoms with E-state index in [4.69, 9.17) is 0 Å². The van der Waals surface area contributed by atoms with Crippen LogP contribution in [0.2, 0.25) is 0 Å². The molecule has 25 heavy (non-hydrogen) atoms. The Balaban J connectivity index is 0.00000312. The Kier molecular flexibility index (Phi) is 8.53. The Morgan fingerprint density at radius 2 is 1.80 bits per heavy atom. The first kappa shape index (κ1) is 21.1. The lowest BCUT2D eigenvalue weighted by atomic mass is 10.2. The van der Waals surface area contributed by atoms with Gasteiger partial charge in [-0.25, -0.2) is 13.8 Å². The molecule has 1 aromatic carbocycles.